The maximum absolute atomic E-state index is 11.6. The molecule has 0 spiro atoms. The van der Waals surface area contributed by atoms with E-state index in [4.69, 9.17) is 33.0 Å². The van der Waals surface area contributed by atoms with E-state index in [-0.39, 0.29) is 12.0 Å². The average molecular weight is 700 g/mol. The molecule has 2 N–H and O–H groups in total. The van der Waals surface area contributed by atoms with E-state index in [2.05, 4.69) is 52.3 Å². The highest BCUT2D eigenvalue weighted by Gasteiger charge is 2.26. The molecule has 10 heteroatoms. The second kappa shape index (κ2) is 14.5. The first-order valence-electron chi connectivity index (χ1n) is 16.8. The predicted octanol–water partition coefficient (Wildman–Crippen LogP) is 7.60. The molecule has 3 heterocycles. The number of β-amino-alcohol motifs (C(OH)–C–C–N with tert-alkyl or cyclic N) is 1. The van der Waals surface area contributed by atoms with Crippen molar-refractivity contribution >= 4 is 40.1 Å². The van der Waals surface area contributed by atoms with E-state index in [1.54, 1.807) is 7.11 Å². The van der Waals surface area contributed by atoms with Crippen LogP contribution in [-0.4, -0.2) is 75.2 Å². The standard InChI is InChI=1S/C39H40Cl2N4O4/c1-49-37-18-28(35(40)17-29(37)22-43-15-4-5-27(21-43)39(47)48)23-45-36-9-3-7-32(34(36)19-42-45)33-8-2-6-31(38(33)41)26-12-10-25(11-13-26)20-44-16-14-30(46)24-44/h2-3,6-13,17-19,27,30,46H,4-5,14-16,20-24H2,1H3,(H,47,48)/t27?,30-/m1/s1. The monoisotopic (exact) mass is 698 g/mol. The van der Waals surface area contributed by atoms with Crippen molar-refractivity contribution in [3.05, 3.63) is 106 Å². The van der Waals surface area contributed by atoms with Crippen molar-refractivity contribution < 1.29 is 19.7 Å². The Morgan fingerprint density at radius 2 is 1.63 bits per heavy atom. The van der Waals surface area contributed by atoms with Crippen LogP contribution in [0.4, 0.5) is 0 Å². The third kappa shape index (κ3) is 7.21. The molecule has 2 fully saturated rings. The van der Waals surface area contributed by atoms with E-state index in [9.17, 15) is 15.0 Å². The van der Waals surface area contributed by atoms with Gasteiger partial charge in [0.05, 0.1) is 42.4 Å². The minimum absolute atomic E-state index is 0.224. The van der Waals surface area contributed by atoms with Gasteiger partial charge in [0.2, 0.25) is 0 Å². The highest BCUT2D eigenvalue weighted by atomic mass is 35.5. The number of piperidine rings is 1. The lowest BCUT2D eigenvalue weighted by Crippen LogP contribution is -2.38. The fourth-order valence-electron chi connectivity index (χ4n) is 7.31. The zero-order valence-electron chi connectivity index (χ0n) is 27.5. The molecule has 0 bridgehead atoms. The van der Waals surface area contributed by atoms with Gasteiger partial charge in [-0.05, 0) is 66.3 Å². The number of carboxylic acid groups (broad SMARTS) is 1. The summed E-state index contributed by atoms with van der Waals surface area (Å²) in [4.78, 5) is 16.0. The molecule has 49 heavy (non-hydrogen) atoms. The van der Waals surface area contributed by atoms with E-state index in [1.165, 1.54) is 5.56 Å². The van der Waals surface area contributed by atoms with Crippen molar-refractivity contribution in [2.24, 2.45) is 5.92 Å². The van der Waals surface area contributed by atoms with Crippen LogP contribution in [0.15, 0.2) is 79.0 Å². The molecule has 7 rings (SSSR count). The maximum Gasteiger partial charge on any atom is 0.307 e. The van der Waals surface area contributed by atoms with E-state index in [0.717, 1.165) is 89.1 Å². The van der Waals surface area contributed by atoms with Crippen LogP contribution >= 0.6 is 23.2 Å². The van der Waals surface area contributed by atoms with Gasteiger partial charge in [0.1, 0.15) is 5.75 Å². The number of ether oxygens (including phenoxy) is 1. The topological polar surface area (TPSA) is 91.1 Å². The zero-order chi connectivity index (χ0) is 34.1. The summed E-state index contributed by atoms with van der Waals surface area (Å²) in [5.41, 5.74) is 7.94. The number of hydrogen-bond donors (Lipinski definition) is 2. The van der Waals surface area contributed by atoms with E-state index in [1.807, 2.05) is 41.2 Å². The largest absolute Gasteiger partial charge is 0.496 e. The van der Waals surface area contributed by atoms with Gasteiger partial charge in [0.25, 0.3) is 0 Å². The van der Waals surface area contributed by atoms with Crippen molar-refractivity contribution in [1.82, 2.24) is 19.6 Å². The summed E-state index contributed by atoms with van der Waals surface area (Å²) in [5.74, 6) is -0.366. The number of aliphatic hydroxyl groups is 1. The third-order valence-corrected chi connectivity index (χ3v) is 10.7. The number of hydrogen-bond acceptors (Lipinski definition) is 6. The lowest BCUT2D eigenvalue weighted by molar-refractivity contribution is -0.143. The van der Waals surface area contributed by atoms with Crippen LogP contribution in [0.1, 0.15) is 36.0 Å². The smallest absolute Gasteiger partial charge is 0.307 e. The molecule has 2 saturated heterocycles. The first-order valence-corrected chi connectivity index (χ1v) is 17.6. The summed E-state index contributed by atoms with van der Waals surface area (Å²) in [6.45, 7) is 4.86. The van der Waals surface area contributed by atoms with Gasteiger partial charge in [-0.15, -0.1) is 0 Å². The zero-order valence-corrected chi connectivity index (χ0v) is 29.0. The van der Waals surface area contributed by atoms with Gasteiger partial charge < -0.3 is 14.9 Å². The summed E-state index contributed by atoms with van der Waals surface area (Å²) in [7, 11) is 1.65. The number of methoxy groups -OCH3 is 1. The van der Waals surface area contributed by atoms with Gasteiger partial charge in [0.15, 0.2) is 0 Å². The molecule has 2 aliphatic heterocycles. The van der Waals surface area contributed by atoms with Crippen molar-refractivity contribution in [2.75, 3.05) is 33.3 Å². The molecule has 0 aliphatic carbocycles. The SMILES string of the molecule is COc1cc(Cn2ncc3c(-c4cccc(-c5ccc(CN6CC[C@@H](O)C6)cc5)c4Cl)cccc32)c(Cl)cc1CN1CCCC(C(=O)O)C1. The van der Waals surface area contributed by atoms with Crippen LogP contribution in [0.2, 0.25) is 10.0 Å². The Hall–Kier alpha value is -3.92. The van der Waals surface area contributed by atoms with E-state index >= 15 is 0 Å². The van der Waals surface area contributed by atoms with Crippen LogP contribution in [-0.2, 0) is 24.4 Å². The number of halogens is 2. The number of likely N-dealkylation sites (tertiary alicyclic amines) is 2. The maximum atomic E-state index is 11.6. The summed E-state index contributed by atoms with van der Waals surface area (Å²) in [6.07, 6.45) is 4.05. The molecular formula is C39H40Cl2N4O4. The van der Waals surface area contributed by atoms with Crippen LogP contribution in [0, 0.1) is 5.92 Å². The summed E-state index contributed by atoms with van der Waals surface area (Å²) < 4.78 is 7.73. The highest BCUT2D eigenvalue weighted by Crippen LogP contribution is 2.40. The van der Waals surface area contributed by atoms with Gasteiger partial charge in [0, 0.05) is 59.8 Å². The Balaban J connectivity index is 1.12. The van der Waals surface area contributed by atoms with Crippen molar-refractivity contribution in [3.8, 4) is 28.0 Å². The fourth-order valence-corrected chi connectivity index (χ4v) is 7.89. The summed E-state index contributed by atoms with van der Waals surface area (Å²) in [5, 5.41) is 26.4. The van der Waals surface area contributed by atoms with E-state index in [0.29, 0.717) is 36.1 Å². The fraction of sp³-hybridized carbons (Fsp3) is 0.333. The molecular weight excluding hydrogens is 659 g/mol. The van der Waals surface area contributed by atoms with Crippen LogP contribution in [0.3, 0.4) is 0 Å². The summed E-state index contributed by atoms with van der Waals surface area (Å²) in [6, 6.07) is 24.7. The second-order valence-corrected chi connectivity index (χ2v) is 14.0. The van der Waals surface area contributed by atoms with Crippen molar-refractivity contribution in [3.63, 3.8) is 0 Å². The average Bonchev–Trinajstić information content (AvgIpc) is 3.71. The highest BCUT2D eigenvalue weighted by molar-refractivity contribution is 6.36. The number of aliphatic carboxylic acids is 1. The van der Waals surface area contributed by atoms with Crippen molar-refractivity contribution in [2.45, 2.75) is 45.0 Å². The number of benzene rings is 4. The molecule has 0 amide bonds. The van der Waals surface area contributed by atoms with Gasteiger partial charge in [-0.2, -0.15) is 5.10 Å². The molecule has 8 nitrogen and oxygen atoms in total. The molecule has 5 aromatic rings. The molecule has 254 valence electrons. The Morgan fingerprint density at radius 1 is 0.878 bits per heavy atom. The van der Waals surface area contributed by atoms with Crippen molar-refractivity contribution in [1.29, 1.82) is 0 Å². The summed E-state index contributed by atoms with van der Waals surface area (Å²) >= 11 is 14.0. The predicted molar refractivity (Wildman–Crippen MR) is 194 cm³/mol. The first-order chi connectivity index (χ1) is 23.8. The number of fused-ring (bicyclic) bond motifs is 1. The van der Waals surface area contributed by atoms with Gasteiger partial charge in [-0.1, -0.05) is 77.8 Å². The Bertz CT molecular complexity index is 1980. The van der Waals surface area contributed by atoms with Crippen LogP contribution in [0.25, 0.3) is 33.2 Å². The molecule has 1 unspecified atom stereocenters. The van der Waals surface area contributed by atoms with Crippen LogP contribution in [0.5, 0.6) is 5.75 Å². The second-order valence-electron chi connectivity index (χ2n) is 13.3. The molecule has 2 atom stereocenters. The molecule has 0 radical (unpaired) electrons. The quantitative estimate of drug-likeness (QED) is 0.155. The first kappa shape index (κ1) is 33.6. The van der Waals surface area contributed by atoms with Crippen LogP contribution < -0.4 is 4.74 Å². The number of carboxylic acids is 1. The normalized spacial score (nSPS) is 18.7. The van der Waals surface area contributed by atoms with Gasteiger partial charge >= 0.3 is 5.97 Å². The number of rotatable bonds is 10. The van der Waals surface area contributed by atoms with Gasteiger partial charge in [-0.3, -0.25) is 19.3 Å². The number of aromatic nitrogens is 2. The number of nitrogens with zero attached hydrogens (tertiary/aromatic N) is 4. The van der Waals surface area contributed by atoms with Gasteiger partial charge in [-0.25, -0.2) is 0 Å². The minimum Gasteiger partial charge on any atom is -0.496 e. The number of carbonyl (C=O) groups is 1. The van der Waals surface area contributed by atoms with E-state index < -0.39 is 5.97 Å². The Labute approximate surface area is 296 Å². The molecule has 1 aromatic heterocycles. The molecule has 0 saturated carbocycles. The number of aliphatic hydroxyl groups excluding tert-OH is 1. The minimum atomic E-state index is -0.740. The Morgan fingerprint density at radius 3 is 2.39 bits per heavy atom. The Kier molecular flexibility index (Phi) is 9.94. The molecule has 4 aromatic carbocycles. The lowest BCUT2D eigenvalue weighted by atomic mass is 9.96. The molecule has 2 aliphatic rings. The lowest BCUT2D eigenvalue weighted by Gasteiger charge is -2.31. The third-order valence-electron chi connectivity index (χ3n) is 9.91.